The summed E-state index contributed by atoms with van der Waals surface area (Å²) < 4.78 is 5.47. The van der Waals surface area contributed by atoms with Gasteiger partial charge in [0, 0.05) is 26.2 Å². The zero-order chi connectivity index (χ0) is 12.1. The lowest BCUT2D eigenvalue weighted by molar-refractivity contribution is 0.0116. The first kappa shape index (κ1) is 16.2. The van der Waals surface area contributed by atoms with Crippen LogP contribution in [0.15, 0.2) is 0 Å². The van der Waals surface area contributed by atoms with Crippen molar-refractivity contribution in [2.24, 2.45) is 11.7 Å². The average molecular weight is 277 g/mol. The maximum absolute atomic E-state index is 5.90. The molecule has 1 saturated carbocycles. The Labute approximate surface area is 118 Å². The molecular weight excluding hydrogens is 248 g/mol. The maximum atomic E-state index is 5.90. The molecule has 3 nitrogen and oxygen atoms in total. The molecule has 18 heavy (non-hydrogen) atoms. The van der Waals surface area contributed by atoms with Crippen molar-refractivity contribution in [2.45, 2.75) is 57.1 Å². The molecule has 1 saturated heterocycles. The molecule has 2 fully saturated rings. The number of nitrogens with zero attached hydrogens (tertiary/aromatic N) is 1. The first-order chi connectivity index (χ1) is 8.33. The second-order valence-corrected chi connectivity index (χ2v) is 5.75. The van der Waals surface area contributed by atoms with Crippen LogP contribution >= 0.6 is 12.4 Å². The number of methoxy groups -OCH3 is 1. The van der Waals surface area contributed by atoms with Gasteiger partial charge in [0.1, 0.15) is 0 Å². The topological polar surface area (TPSA) is 38.5 Å². The molecular formula is C14H29ClN2O. The van der Waals surface area contributed by atoms with Gasteiger partial charge in [0.15, 0.2) is 0 Å². The van der Waals surface area contributed by atoms with Crippen LogP contribution in [0.3, 0.4) is 0 Å². The highest BCUT2D eigenvalue weighted by Crippen LogP contribution is 2.28. The van der Waals surface area contributed by atoms with Crippen molar-refractivity contribution in [1.29, 1.82) is 0 Å². The van der Waals surface area contributed by atoms with Gasteiger partial charge >= 0.3 is 0 Å². The monoisotopic (exact) mass is 276 g/mol. The Morgan fingerprint density at radius 2 is 1.94 bits per heavy atom. The number of piperidine rings is 1. The highest BCUT2D eigenvalue weighted by Gasteiger charge is 2.27. The number of likely N-dealkylation sites (tertiary alicyclic amines) is 1. The molecule has 2 N–H and O–H groups in total. The molecule has 2 unspecified atom stereocenters. The third-order valence-electron chi connectivity index (χ3n) is 4.69. The molecule has 108 valence electrons. The Bertz CT molecular complexity index is 222. The number of hydrogen-bond donors (Lipinski definition) is 1. The van der Waals surface area contributed by atoms with E-state index >= 15 is 0 Å². The lowest BCUT2D eigenvalue weighted by Gasteiger charge is -2.38. The fourth-order valence-electron chi connectivity index (χ4n) is 3.46. The number of halogens is 1. The maximum Gasteiger partial charge on any atom is 0.0599 e. The van der Waals surface area contributed by atoms with E-state index in [0.717, 1.165) is 18.9 Å². The zero-order valence-electron chi connectivity index (χ0n) is 11.6. The Balaban J connectivity index is 0.00000162. The van der Waals surface area contributed by atoms with Crippen LogP contribution < -0.4 is 5.73 Å². The second-order valence-electron chi connectivity index (χ2n) is 5.75. The first-order valence-corrected chi connectivity index (χ1v) is 7.30. The van der Waals surface area contributed by atoms with E-state index in [2.05, 4.69) is 4.90 Å². The second kappa shape index (κ2) is 8.36. The Morgan fingerprint density at radius 3 is 2.56 bits per heavy atom. The number of hydrogen-bond acceptors (Lipinski definition) is 3. The highest BCUT2D eigenvalue weighted by atomic mass is 35.5. The van der Waals surface area contributed by atoms with Crippen LogP contribution in [0.4, 0.5) is 0 Å². The minimum absolute atomic E-state index is 0. The van der Waals surface area contributed by atoms with Gasteiger partial charge in [-0.3, -0.25) is 4.90 Å². The predicted molar refractivity (Wildman–Crippen MR) is 78.3 cm³/mol. The third-order valence-corrected chi connectivity index (χ3v) is 4.69. The van der Waals surface area contributed by atoms with Crippen molar-refractivity contribution in [3.8, 4) is 0 Å². The van der Waals surface area contributed by atoms with Crippen LogP contribution in [0, 0.1) is 5.92 Å². The van der Waals surface area contributed by atoms with E-state index in [0.29, 0.717) is 12.1 Å². The van der Waals surface area contributed by atoms with E-state index in [1.807, 2.05) is 7.11 Å². The van der Waals surface area contributed by atoms with Crippen LogP contribution in [0.1, 0.15) is 44.9 Å². The lowest BCUT2D eigenvalue weighted by Crippen LogP contribution is -2.49. The van der Waals surface area contributed by atoms with Gasteiger partial charge in [-0.25, -0.2) is 0 Å². The zero-order valence-corrected chi connectivity index (χ0v) is 12.5. The third kappa shape index (κ3) is 4.37. The van der Waals surface area contributed by atoms with E-state index in [9.17, 15) is 0 Å². The van der Waals surface area contributed by atoms with Gasteiger partial charge in [-0.2, -0.15) is 0 Å². The van der Waals surface area contributed by atoms with Crippen LogP contribution in [0.2, 0.25) is 0 Å². The molecule has 2 atom stereocenters. The van der Waals surface area contributed by atoms with Crippen LogP contribution in [-0.4, -0.2) is 43.8 Å². The molecule has 2 rings (SSSR count). The molecule has 0 aromatic heterocycles. The molecule has 0 amide bonds. The Kier molecular flexibility index (Phi) is 7.54. The summed E-state index contributed by atoms with van der Waals surface area (Å²) in [5.41, 5.74) is 5.90. The molecule has 4 heteroatoms. The minimum atomic E-state index is 0. The van der Waals surface area contributed by atoms with Crippen LogP contribution in [0.5, 0.6) is 0 Å². The minimum Gasteiger partial charge on any atom is -0.381 e. The smallest absolute Gasteiger partial charge is 0.0599 e. The molecule has 0 aromatic carbocycles. The van der Waals surface area contributed by atoms with E-state index in [4.69, 9.17) is 10.5 Å². The summed E-state index contributed by atoms with van der Waals surface area (Å²) in [5, 5.41) is 0. The first-order valence-electron chi connectivity index (χ1n) is 7.30. The van der Waals surface area contributed by atoms with E-state index in [1.165, 1.54) is 51.6 Å². The van der Waals surface area contributed by atoms with Crippen molar-refractivity contribution in [1.82, 2.24) is 4.90 Å². The fourth-order valence-corrected chi connectivity index (χ4v) is 3.46. The SMILES string of the molecule is COC1CCN(CCC2CCCC2)C(CN)C1.Cl. The number of nitrogens with two attached hydrogens (primary N) is 1. The van der Waals surface area contributed by atoms with Gasteiger partial charge in [0.2, 0.25) is 0 Å². The summed E-state index contributed by atoms with van der Waals surface area (Å²) >= 11 is 0. The predicted octanol–water partition coefficient (Wildman–Crippen LogP) is 2.43. The van der Waals surface area contributed by atoms with Crippen LogP contribution in [0.25, 0.3) is 0 Å². The van der Waals surface area contributed by atoms with Gasteiger partial charge < -0.3 is 10.5 Å². The molecule has 0 aromatic rings. The summed E-state index contributed by atoms with van der Waals surface area (Å²) in [4.78, 5) is 2.60. The largest absolute Gasteiger partial charge is 0.381 e. The Hall–Kier alpha value is 0.170. The van der Waals surface area contributed by atoms with Gasteiger partial charge in [0.25, 0.3) is 0 Å². The lowest BCUT2D eigenvalue weighted by atomic mass is 9.97. The van der Waals surface area contributed by atoms with Crippen molar-refractivity contribution < 1.29 is 4.74 Å². The standard InChI is InChI=1S/C14H28N2O.ClH/c1-17-14-7-9-16(13(10-14)11-15)8-6-12-4-2-3-5-12;/h12-14H,2-11,15H2,1H3;1H. The summed E-state index contributed by atoms with van der Waals surface area (Å²) in [6.45, 7) is 3.21. The van der Waals surface area contributed by atoms with Gasteiger partial charge in [0.05, 0.1) is 6.10 Å². The van der Waals surface area contributed by atoms with Gasteiger partial charge in [-0.05, 0) is 31.7 Å². The van der Waals surface area contributed by atoms with Crippen molar-refractivity contribution in [3.63, 3.8) is 0 Å². The molecule has 1 aliphatic heterocycles. The average Bonchev–Trinajstić information content (AvgIpc) is 2.89. The summed E-state index contributed by atoms with van der Waals surface area (Å²) in [7, 11) is 1.83. The van der Waals surface area contributed by atoms with Crippen molar-refractivity contribution >= 4 is 12.4 Å². The van der Waals surface area contributed by atoms with E-state index in [-0.39, 0.29) is 12.4 Å². The molecule has 0 bridgehead atoms. The van der Waals surface area contributed by atoms with E-state index < -0.39 is 0 Å². The van der Waals surface area contributed by atoms with E-state index in [1.54, 1.807) is 0 Å². The highest BCUT2D eigenvalue weighted by molar-refractivity contribution is 5.85. The van der Waals surface area contributed by atoms with Crippen molar-refractivity contribution in [2.75, 3.05) is 26.7 Å². The molecule has 0 radical (unpaired) electrons. The Morgan fingerprint density at radius 1 is 1.22 bits per heavy atom. The molecule has 2 aliphatic rings. The summed E-state index contributed by atoms with van der Waals surface area (Å²) in [6, 6.07) is 0.551. The number of ether oxygens (including phenoxy) is 1. The normalized spacial score (nSPS) is 30.3. The van der Waals surface area contributed by atoms with Crippen LogP contribution in [-0.2, 0) is 4.74 Å². The quantitative estimate of drug-likeness (QED) is 0.838. The summed E-state index contributed by atoms with van der Waals surface area (Å²) in [5.74, 6) is 0.994. The molecule has 1 heterocycles. The van der Waals surface area contributed by atoms with Gasteiger partial charge in [-0.15, -0.1) is 12.4 Å². The van der Waals surface area contributed by atoms with Crippen molar-refractivity contribution in [3.05, 3.63) is 0 Å². The molecule has 1 aliphatic carbocycles. The summed E-state index contributed by atoms with van der Waals surface area (Å²) in [6.07, 6.45) is 9.95. The van der Waals surface area contributed by atoms with Gasteiger partial charge in [-0.1, -0.05) is 25.7 Å². The number of rotatable bonds is 5. The fraction of sp³-hybridized carbons (Fsp3) is 1.00. The molecule has 0 spiro atoms.